The number of carbonyl (C=O) groups is 1. The van der Waals surface area contributed by atoms with Gasteiger partial charge in [-0.1, -0.05) is 29.8 Å². The molecule has 1 fully saturated rings. The van der Waals surface area contributed by atoms with Gasteiger partial charge in [-0.2, -0.15) is 0 Å². The summed E-state index contributed by atoms with van der Waals surface area (Å²) in [5, 5.41) is 3.96. The standard InChI is InChI=1S/C20H22ClFN2O2/c21-18-4-2-1-3-17(18)19(24-9-11-26-12-10-24)13-23-14-20(25)15-5-7-16(22)8-6-15/h1-8,19,23H,9-14H2. The molecule has 0 saturated carbocycles. The Morgan fingerprint density at radius 3 is 2.54 bits per heavy atom. The van der Waals surface area contributed by atoms with Gasteiger partial charge in [-0.25, -0.2) is 4.39 Å². The molecule has 3 rings (SSSR count). The van der Waals surface area contributed by atoms with E-state index in [9.17, 15) is 9.18 Å². The number of halogens is 2. The first-order chi connectivity index (χ1) is 12.6. The summed E-state index contributed by atoms with van der Waals surface area (Å²) in [5.41, 5.74) is 1.54. The summed E-state index contributed by atoms with van der Waals surface area (Å²) >= 11 is 6.40. The summed E-state index contributed by atoms with van der Waals surface area (Å²) in [6, 6.07) is 13.5. The second-order valence-electron chi connectivity index (χ2n) is 6.25. The van der Waals surface area contributed by atoms with Gasteiger partial charge in [-0.05, 0) is 35.9 Å². The molecule has 1 unspecified atom stereocenters. The minimum atomic E-state index is -0.347. The predicted molar refractivity (Wildman–Crippen MR) is 100 cm³/mol. The minimum absolute atomic E-state index is 0.0635. The quantitative estimate of drug-likeness (QED) is 0.753. The van der Waals surface area contributed by atoms with Crippen LogP contribution in [0.25, 0.3) is 0 Å². The zero-order valence-corrected chi connectivity index (χ0v) is 15.2. The van der Waals surface area contributed by atoms with Crippen LogP contribution in [0.3, 0.4) is 0 Å². The zero-order valence-electron chi connectivity index (χ0n) is 14.5. The number of morpholine rings is 1. The van der Waals surface area contributed by atoms with Gasteiger partial charge in [0.2, 0.25) is 0 Å². The van der Waals surface area contributed by atoms with Crippen LogP contribution in [-0.2, 0) is 4.74 Å². The minimum Gasteiger partial charge on any atom is -0.379 e. The van der Waals surface area contributed by atoms with Crippen LogP contribution in [-0.4, -0.2) is 50.1 Å². The Balaban J connectivity index is 1.65. The van der Waals surface area contributed by atoms with Gasteiger partial charge in [0.05, 0.1) is 19.8 Å². The molecule has 26 heavy (non-hydrogen) atoms. The van der Waals surface area contributed by atoms with Gasteiger partial charge >= 0.3 is 0 Å². The maximum Gasteiger partial charge on any atom is 0.176 e. The van der Waals surface area contributed by atoms with E-state index in [1.165, 1.54) is 24.3 Å². The number of Topliss-reactive ketones (excluding diaryl/α,β-unsaturated/α-hetero) is 1. The summed E-state index contributed by atoms with van der Waals surface area (Å²) in [6.07, 6.45) is 0. The fourth-order valence-electron chi connectivity index (χ4n) is 3.13. The molecule has 1 aliphatic heterocycles. The molecule has 1 atom stereocenters. The van der Waals surface area contributed by atoms with Crippen LogP contribution in [0.15, 0.2) is 48.5 Å². The van der Waals surface area contributed by atoms with Crippen LogP contribution in [0, 0.1) is 5.82 Å². The SMILES string of the molecule is O=C(CNCC(c1ccccc1Cl)N1CCOCC1)c1ccc(F)cc1. The number of ketones is 1. The Kier molecular flexibility index (Phi) is 6.74. The van der Waals surface area contributed by atoms with Crippen LogP contribution in [0.4, 0.5) is 4.39 Å². The Bertz CT molecular complexity index is 733. The van der Waals surface area contributed by atoms with E-state index in [0.717, 1.165) is 23.7 Å². The molecule has 2 aromatic carbocycles. The molecule has 0 radical (unpaired) electrons. The van der Waals surface area contributed by atoms with E-state index in [4.69, 9.17) is 16.3 Å². The highest BCUT2D eigenvalue weighted by atomic mass is 35.5. The summed E-state index contributed by atoms with van der Waals surface area (Å²) in [7, 11) is 0. The zero-order chi connectivity index (χ0) is 18.4. The molecule has 1 N–H and O–H groups in total. The van der Waals surface area contributed by atoms with E-state index in [1.54, 1.807) is 0 Å². The fourth-order valence-corrected chi connectivity index (χ4v) is 3.39. The molecule has 0 aliphatic carbocycles. The van der Waals surface area contributed by atoms with Crippen LogP contribution >= 0.6 is 11.6 Å². The lowest BCUT2D eigenvalue weighted by Gasteiger charge is -2.35. The maximum absolute atomic E-state index is 13.0. The van der Waals surface area contributed by atoms with Gasteiger partial charge < -0.3 is 10.1 Å². The Labute approximate surface area is 157 Å². The van der Waals surface area contributed by atoms with Crippen LogP contribution in [0.2, 0.25) is 5.02 Å². The second-order valence-corrected chi connectivity index (χ2v) is 6.65. The number of benzene rings is 2. The molecule has 6 heteroatoms. The lowest BCUT2D eigenvalue weighted by atomic mass is 10.0. The van der Waals surface area contributed by atoms with Crippen molar-refractivity contribution < 1.29 is 13.9 Å². The first-order valence-corrected chi connectivity index (χ1v) is 9.08. The van der Waals surface area contributed by atoms with Crippen molar-refractivity contribution in [2.75, 3.05) is 39.4 Å². The van der Waals surface area contributed by atoms with E-state index < -0.39 is 0 Å². The molecule has 2 aromatic rings. The topological polar surface area (TPSA) is 41.6 Å². The van der Waals surface area contributed by atoms with Crippen LogP contribution in [0.5, 0.6) is 0 Å². The van der Waals surface area contributed by atoms with Crippen molar-refractivity contribution in [3.63, 3.8) is 0 Å². The second kappa shape index (κ2) is 9.24. The van der Waals surface area contributed by atoms with Gasteiger partial charge in [-0.3, -0.25) is 9.69 Å². The summed E-state index contributed by atoms with van der Waals surface area (Å²) < 4.78 is 18.4. The van der Waals surface area contributed by atoms with Crippen molar-refractivity contribution >= 4 is 17.4 Å². The average Bonchev–Trinajstić information content (AvgIpc) is 2.67. The molecule has 138 valence electrons. The van der Waals surface area contributed by atoms with E-state index in [2.05, 4.69) is 10.2 Å². The molecule has 0 amide bonds. The van der Waals surface area contributed by atoms with Crippen molar-refractivity contribution in [1.82, 2.24) is 10.2 Å². The Morgan fingerprint density at radius 2 is 1.85 bits per heavy atom. The number of carbonyl (C=O) groups excluding carboxylic acids is 1. The van der Waals surface area contributed by atoms with Crippen molar-refractivity contribution in [2.24, 2.45) is 0 Å². The van der Waals surface area contributed by atoms with Crippen LogP contribution in [0.1, 0.15) is 22.0 Å². The summed E-state index contributed by atoms with van der Waals surface area (Å²) in [4.78, 5) is 14.6. The van der Waals surface area contributed by atoms with Gasteiger partial charge in [0.1, 0.15) is 5.82 Å². The molecule has 0 spiro atoms. The average molecular weight is 377 g/mol. The summed E-state index contributed by atoms with van der Waals surface area (Å²) in [5.74, 6) is -0.412. The van der Waals surface area contributed by atoms with E-state index in [-0.39, 0.29) is 24.2 Å². The van der Waals surface area contributed by atoms with Crippen molar-refractivity contribution in [3.05, 3.63) is 70.5 Å². The monoisotopic (exact) mass is 376 g/mol. The van der Waals surface area contributed by atoms with Gasteiger partial charge in [0.15, 0.2) is 5.78 Å². The lowest BCUT2D eigenvalue weighted by molar-refractivity contribution is 0.0162. The number of rotatable bonds is 7. The van der Waals surface area contributed by atoms with Crippen molar-refractivity contribution in [1.29, 1.82) is 0 Å². The van der Waals surface area contributed by atoms with Gasteiger partial charge in [0.25, 0.3) is 0 Å². The molecule has 1 heterocycles. The summed E-state index contributed by atoms with van der Waals surface area (Å²) in [6.45, 7) is 3.81. The van der Waals surface area contributed by atoms with Crippen molar-refractivity contribution in [3.8, 4) is 0 Å². The third-order valence-corrected chi connectivity index (χ3v) is 4.88. The number of nitrogens with one attached hydrogen (secondary N) is 1. The van der Waals surface area contributed by atoms with E-state index in [0.29, 0.717) is 25.3 Å². The fraction of sp³-hybridized carbons (Fsp3) is 0.350. The number of hydrogen-bond acceptors (Lipinski definition) is 4. The van der Waals surface area contributed by atoms with Gasteiger partial charge in [-0.15, -0.1) is 0 Å². The number of ether oxygens (including phenoxy) is 1. The largest absolute Gasteiger partial charge is 0.379 e. The molecule has 0 aromatic heterocycles. The molecule has 1 aliphatic rings. The Hall–Kier alpha value is -1.79. The first-order valence-electron chi connectivity index (χ1n) is 8.71. The first kappa shape index (κ1) is 19.0. The highest BCUT2D eigenvalue weighted by Crippen LogP contribution is 2.27. The molecular weight excluding hydrogens is 355 g/mol. The maximum atomic E-state index is 13.0. The third kappa shape index (κ3) is 4.89. The predicted octanol–water partition coefficient (Wildman–Crippen LogP) is 3.32. The Morgan fingerprint density at radius 1 is 1.15 bits per heavy atom. The highest BCUT2D eigenvalue weighted by Gasteiger charge is 2.24. The molecule has 1 saturated heterocycles. The third-order valence-electron chi connectivity index (χ3n) is 4.54. The van der Waals surface area contributed by atoms with E-state index >= 15 is 0 Å². The number of nitrogens with zero attached hydrogens (tertiary/aromatic N) is 1. The smallest absolute Gasteiger partial charge is 0.176 e. The highest BCUT2D eigenvalue weighted by molar-refractivity contribution is 6.31. The number of hydrogen-bond donors (Lipinski definition) is 1. The van der Waals surface area contributed by atoms with Gasteiger partial charge in [0, 0.05) is 36.3 Å². The van der Waals surface area contributed by atoms with Crippen molar-refractivity contribution in [2.45, 2.75) is 6.04 Å². The molecular formula is C20H22ClFN2O2. The molecule has 4 nitrogen and oxygen atoms in total. The lowest BCUT2D eigenvalue weighted by Crippen LogP contribution is -2.43. The normalized spacial score (nSPS) is 16.4. The molecule has 0 bridgehead atoms. The van der Waals surface area contributed by atoms with Crippen LogP contribution < -0.4 is 5.32 Å². The van der Waals surface area contributed by atoms with E-state index in [1.807, 2.05) is 24.3 Å².